The highest BCUT2D eigenvalue weighted by atomic mass is 35.5. The van der Waals surface area contributed by atoms with Gasteiger partial charge in [-0.2, -0.15) is 0 Å². The highest BCUT2D eigenvalue weighted by Gasteiger charge is 2.33. The van der Waals surface area contributed by atoms with E-state index < -0.39 is 5.54 Å². The van der Waals surface area contributed by atoms with Crippen LogP contribution in [0.1, 0.15) is 44.4 Å². The van der Waals surface area contributed by atoms with Gasteiger partial charge in [-0.3, -0.25) is 0 Å². The first kappa shape index (κ1) is 12.0. The number of hydrogen-bond donors (Lipinski definition) is 1. The van der Waals surface area contributed by atoms with Crippen molar-refractivity contribution < 1.29 is 4.42 Å². The summed E-state index contributed by atoms with van der Waals surface area (Å²) in [4.78, 5) is 4.53. The molecule has 1 aliphatic carbocycles. The second-order valence-corrected chi connectivity index (χ2v) is 5.64. The molecular weight excluding hydrogens is 248 g/mol. The van der Waals surface area contributed by atoms with Crippen molar-refractivity contribution in [2.45, 2.75) is 44.1 Å². The third kappa shape index (κ3) is 2.13. The molecule has 1 aromatic carbocycles. The number of hydrogen-bond acceptors (Lipinski definition) is 3. The fourth-order valence-electron chi connectivity index (χ4n) is 2.69. The zero-order valence-corrected chi connectivity index (χ0v) is 11.0. The molecule has 3 rings (SSSR count). The van der Waals surface area contributed by atoms with Crippen LogP contribution in [0.3, 0.4) is 0 Å². The Morgan fingerprint density at radius 3 is 2.61 bits per heavy atom. The first-order chi connectivity index (χ1) is 8.67. The van der Waals surface area contributed by atoms with Gasteiger partial charge in [-0.05, 0) is 31.0 Å². The lowest BCUT2D eigenvalue weighted by atomic mass is 9.91. The first-order valence-corrected chi connectivity index (χ1v) is 6.91. The summed E-state index contributed by atoms with van der Waals surface area (Å²) in [6, 6.07) is 5.49. The van der Waals surface area contributed by atoms with Gasteiger partial charge in [0.2, 0.25) is 5.89 Å². The summed E-state index contributed by atoms with van der Waals surface area (Å²) in [5.41, 5.74) is 7.66. The monoisotopic (exact) mass is 264 g/mol. The molecule has 0 bridgehead atoms. The van der Waals surface area contributed by atoms with Crippen molar-refractivity contribution >= 4 is 22.7 Å². The van der Waals surface area contributed by atoms with Crippen molar-refractivity contribution in [1.82, 2.24) is 4.98 Å². The molecule has 2 aromatic rings. The number of rotatable bonds is 1. The van der Waals surface area contributed by atoms with Crippen LogP contribution < -0.4 is 5.73 Å². The second-order valence-electron chi connectivity index (χ2n) is 5.20. The highest BCUT2D eigenvalue weighted by molar-refractivity contribution is 6.31. The molecule has 1 saturated carbocycles. The van der Waals surface area contributed by atoms with Crippen LogP contribution in [0.2, 0.25) is 5.02 Å². The standard InChI is InChI=1S/C14H17ClN2O/c15-10-5-6-12-11(9-10)17-13(18-12)14(16)7-3-1-2-4-8-14/h5-6,9H,1-4,7-8,16H2. The van der Waals surface area contributed by atoms with Crippen LogP contribution >= 0.6 is 11.6 Å². The molecule has 0 atom stereocenters. The van der Waals surface area contributed by atoms with Gasteiger partial charge < -0.3 is 10.2 Å². The predicted octanol–water partition coefficient (Wildman–Crippen LogP) is 3.99. The molecule has 0 radical (unpaired) electrons. The van der Waals surface area contributed by atoms with E-state index in [0.717, 1.165) is 36.8 Å². The summed E-state index contributed by atoms with van der Waals surface area (Å²) in [7, 11) is 0. The Kier molecular flexibility index (Phi) is 3.04. The van der Waals surface area contributed by atoms with E-state index in [-0.39, 0.29) is 0 Å². The summed E-state index contributed by atoms with van der Waals surface area (Å²) >= 11 is 5.96. The number of fused-ring (bicyclic) bond motifs is 1. The van der Waals surface area contributed by atoms with Crippen molar-refractivity contribution in [3.63, 3.8) is 0 Å². The topological polar surface area (TPSA) is 52.0 Å². The van der Waals surface area contributed by atoms with Crippen LogP contribution in [0.4, 0.5) is 0 Å². The second kappa shape index (κ2) is 4.56. The third-order valence-electron chi connectivity index (χ3n) is 3.77. The Morgan fingerprint density at radius 2 is 1.89 bits per heavy atom. The molecule has 18 heavy (non-hydrogen) atoms. The number of oxazole rings is 1. The molecule has 0 saturated heterocycles. The summed E-state index contributed by atoms with van der Waals surface area (Å²) in [5.74, 6) is 0.668. The molecule has 96 valence electrons. The Labute approximate surface area is 111 Å². The van der Waals surface area contributed by atoms with Crippen LogP contribution in [-0.2, 0) is 5.54 Å². The van der Waals surface area contributed by atoms with E-state index in [0.29, 0.717) is 10.9 Å². The lowest BCUT2D eigenvalue weighted by Gasteiger charge is -2.23. The van der Waals surface area contributed by atoms with Crippen molar-refractivity contribution in [3.8, 4) is 0 Å². The Bertz CT molecular complexity index is 556. The van der Waals surface area contributed by atoms with E-state index in [4.69, 9.17) is 21.8 Å². The summed E-state index contributed by atoms with van der Waals surface area (Å²) in [6.45, 7) is 0. The number of aromatic nitrogens is 1. The fourth-order valence-corrected chi connectivity index (χ4v) is 2.85. The van der Waals surface area contributed by atoms with Gasteiger partial charge in [0.15, 0.2) is 5.58 Å². The maximum absolute atomic E-state index is 6.49. The van der Waals surface area contributed by atoms with Crippen LogP contribution in [0.25, 0.3) is 11.1 Å². The summed E-state index contributed by atoms with van der Waals surface area (Å²) in [6.07, 6.45) is 6.71. The molecule has 0 spiro atoms. The minimum Gasteiger partial charge on any atom is -0.439 e. The molecule has 1 aliphatic rings. The van der Waals surface area contributed by atoms with Crippen molar-refractivity contribution in [1.29, 1.82) is 0 Å². The Morgan fingerprint density at radius 1 is 1.17 bits per heavy atom. The van der Waals surface area contributed by atoms with Crippen LogP contribution in [0.5, 0.6) is 0 Å². The molecule has 2 N–H and O–H groups in total. The van der Waals surface area contributed by atoms with Gasteiger partial charge in [0.05, 0.1) is 5.54 Å². The van der Waals surface area contributed by atoms with Gasteiger partial charge in [0.25, 0.3) is 0 Å². The van der Waals surface area contributed by atoms with Gasteiger partial charge >= 0.3 is 0 Å². The largest absolute Gasteiger partial charge is 0.439 e. The summed E-state index contributed by atoms with van der Waals surface area (Å²) < 4.78 is 5.83. The quantitative estimate of drug-likeness (QED) is 0.793. The van der Waals surface area contributed by atoms with E-state index in [1.165, 1.54) is 12.8 Å². The third-order valence-corrected chi connectivity index (χ3v) is 4.01. The van der Waals surface area contributed by atoms with Crippen LogP contribution in [-0.4, -0.2) is 4.98 Å². The van der Waals surface area contributed by atoms with Gasteiger partial charge in [-0.25, -0.2) is 4.98 Å². The average molecular weight is 265 g/mol. The summed E-state index contributed by atoms with van der Waals surface area (Å²) in [5, 5.41) is 0.675. The predicted molar refractivity (Wildman–Crippen MR) is 72.6 cm³/mol. The molecule has 0 aliphatic heterocycles. The Balaban J connectivity index is 2.02. The minimum atomic E-state index is -0.401. The molecule has 3 nitrogen and oxygen atoms in total. The fraction of sp³-hybridized carbons (Fsp3) is 0.500. The maximum Gasteiger partial charge on any atom is 0.215 e. The normalized spacial score (nSPS) is 19.9. The van der Waals surface area contributed by atoms with E-state index in [1.54, 1.807) is 0 Å². The Hall–Kier alpha value is -1.06. The zero-order valence-electron chi connectivity index (χ0n) is 10.3. The molecule has 1 heterocycles. The highest BCUT2D eigenvalue weighted by Crippen LogP contribution is 2.35. The number of halogens is 1. The van der Waals surface area contributed by atoms with Gasteiger partial charge in [0.1, 0.15) is 5.52 Å². The van der Waals surface area contributed by atoms with Crippen molar-refractivity contribution in [2.75, 3.05) is 0 Å². The van der Waals surface area contributed by atoms with Crippen LogP contribution in [0, 0.1) is 0 Å². The van der Waals surface area contributed by atoms with Gasteiger partial charge in [-0.15, -0.1) is 0 Å². The molecule has 1 fully saturated rings. The molecule has 0 unspecified atom stereocenters. The SMILES string of the molecule is NC1(c2nc3cc(Cl)ccc3o2)CCCCCC1. The van der Waals surface area contributed by atoms with Crippen molar-refractivity contribution in [3.05, 3.63) is 29.1 Å². The van der Waals surface area contributed by atoms with Crippen molar-refractivity contribution in [2.24, 2.45) is 5.73 Å². The van der Waals surface area contributed by atoms with E-state index in [2.05, 4.69) is 4.98 Å². The molecule has 0 amide bonds. The molecule has 4 heteroatoms. The maximum atomic E-state index is 6.49. The smallest absolute Gasteiger partial charge is 0.215 e. The molecule has 1 aromatic heterocycles. The van der Waals surface area contributed by atoms with Gasteiger partial charge in [-0.1, -0.05) is 37.3 Å². The van der Waals surface area contributed by atoms with Gasteiger partial charge in [0, 0.05) is 5.02 Å². The van der Waals surface area contributed by atoms with E-state index in [1.807, 2.05) is 18.2 Å². The number of nitrogens with two attached hydrogens (primary N) is 1. The van der Waals surface area contributed by atoms with E-state index >= 15 is 0 Å². The lowest BCUT2D eigenvalue weighted by molar-refractivity contribution is 0.301. The zero-order chi connectivity index (χ0) is 12.6. The first-order valence-electron chi connectivity index (χ1n) is 6.53. The minimum absolute atomic E-state index is 0.401. The lowest BCUT2D eigenvalue weighted by Crippen LogP contribution is -2.36. The van der Waals surface area contributed by atoms with Crippen LogP contribution in [0.15, 0.2) is 22.6 Å². The number of benzene rings is 1. The van der Waals surface area contributed by atoms with E-state index in [9.17, 15) is 0 Å². The molecular formula is C14H17ClN2O. The number of nitrogens with zero attached hydrogens (tertiary/aromatic N) is 1. The average Bonchev–Trinajstić information content (AvgIpc) is 2.65.